The Bertz CT molecular complexity index is 737. The van der Waals surface area contributed by atoms with Gasteiger partial charge in [0.05, 0.1) is 23.8 Å². The van der Waals surface area contributed by atoms with Crippen LogP contribution in [0.15, 0.2) is 28.7 Å². The lowest BCUT2D eigenvalue weighted by Crippen LogP contribution is -2.38. The van der Waals surface area contributed by atoms with Gasteiger partial charge in [-0.25, -0.2) is 15.0 Å². The predicted molar refractivity (Wildman–Crippen MR) is 110 cm³/mol. The van der Waals surface area contributed by atoms with Crippen LogP contribution in [0.3, 0.4) is 0 Å². The molecule has 6 nitrogen and oxygen atoms in total. The van der Waals surface area contributed by atoms with Gasteiger partial charge in [0.15, 0.2) is 5.96 Å². The summed E-state index contributed by atoms with van der Waals surface area (Å²) in [4.78, 5) is 15.8. The highest BCUT2D eigenvalue weighted by atomic mass is 32.1. The number of ether oxygens (including phenoxy) is 1. The molecule has 0 aliphatic heterocycles. The fourth-order valence-electron chi connectivity index (χ4n) is 3.19. The Morgan fingerprint density at radius 1 is 1.37 bits per heavy atom. The summed E-state index contributed by atoms with van der Waals surface area (Å²) in [5.41, 5.74) is 2.14. The molecule has 2 aromatic heterocycles. The van der Waals surface area contributed by atoms with Gasteiger partial charge >= 0.3 is 0 Å². The normalized spacial score (nSPS) is 15.1. The molecule has 3 rings (SSSR count). The van der Waals surface area contributed by atoms with E-state index in [-0.39, 0.29) is 0 Å². The molecule has 0 radical (unpaired) electrons. The Morgan fingerprint density at radius 2 is 2.19 bits per heavy atom. The van der Waals surface area contributed by atoms with Gasteiger partial charge in [-0.05, 0) is 45.1 Å². The third-order valence-electron chi connectivity index (χ3n) is 4.56. The van der Waals surface area contributed by atoms with Crippen molar-refractivity contribution in [2.45, 2.75) is 58.7 Å². The molecule has 1 fully saturated rings. The molecule has 1 aliphatic rings. The van der Waals surface area contributed by atoms with Crippen LogP contribution < -0.4 is 10.1 Å². The molecule has 1 N–H and O–H groups in total. The van der Waals surface area contributed by atoms with Crippen LogP contribution in [-0.4, -0.2) is 40.5 Å². The van der Waals surface area contributed by atoms with Crippen molar-refractivity contribution in [2.75, 3.05) is 13.6 Å². The second-order valence-corrected chi connectivity index (χ2v) is 7.98. The minimum atomic E-state index is 0.338. The molecular weight excluding hydrogens is 358 g/mol. The number of aromatic nitrogens is 2. The van der Waals surface area contributed by atoms with Crippen molar-refractivity contribution in [1.82, 2.24) is 20.2 Å². The van der Waals surface area contributed by atoms with Crippen LogP contribution in [0, 0.1) is 6.92 Å². The van der Waals surface area contributed by atoms with Gasteiger partial charge in [-0.15, -0.1) is 11.3 Å². The highest BCUT2D eigenvalue weighted by Gasteiger charge is 2.16. The van der Waals surface area contributed by atoms with Crippen LogP contribution in [0.5, 0.6) is 5.88 Å². The van der Waals surface area contributed by atoms with Crippen molar-refractivity contribution in [2.24, 2.45) is 4.99 Å². The molecule has 0 aromatic carbocycles. The molecule has 0 spiro atoms. The second kappa shape index (κ2) is 9.69. The molecule has 7 heteroatoms. The van der Waals surface area contributed by atoms with Gasteiger partial charge in [0, 0.05) is 31.2 Å². The van der Waals surface area contributed by atoms with Crippen LogP contribution in [0.2, 0.25) is 0 Å². The largest absolute Gasteiger partial charge is 0.474 e. The third kappa shape index (κ3) is 5.92. The summed E-state index contributed by atoms with van der Waals surface area (Å²) in [6.45, 7) is 6.25. The number of aryl methyl sites for hydroxylation is 1. The standard InChI is InChI=1S/C20H29N5OS/c1-4-21-20(25(3)13-17-14-27-15(2)24-17)23-12-16-9-10-19(22-11-16)26-18-7-5-6-8-18/h9-11,14,18H,4-8,12-13H2,1-3H3,(H,21,23). The molecule has 0 atom stereocenters. The van der Waals surface area contributed by atoms with E-state index >= 15 is 0 Å². The van der Waals surface area contributed by atoms with E-state index in [1.165, 1.54) is 12.8 Å². The van der Waals surface area contributed by atoms with Gasteiger partial charge in [-0.1, -0.05) is 6.07 Å². The quantitative estimate of drug-likeness (QED) is 0.579. The maximum absolute atomic E-state index is 5.93. The molecular formula is C20H29N5OS. The molecule has 1 saturated carbocycles. The first-order valence-corrected chi connectivity index (χ1v) is 10.5. The molecule has 0 unspecified atom stereocenters. The monoisotopic (exact) mass is 387 g/mol. The summed E-state index contributed by atoms with van der Waals surface area (Å²) in [6.07, 6.45) is 7.01. The highest BCUT2D eigenvalue weighted by Crippen LogP contribution is 2.23. The Hall–Kier alpha value is -2.15. The molecule has 2 aromatic rings. The molecule has 27 heavy (non-hydrogen) atoms. The molecule has 0 amide bonds. The second-order valence-electron chi connectivity index (χ2n) is 6.91. The Labute approximate surface area is 165 Å². The van der Waals surface area contributed by atoms with Gasteiger partial charge in [0.2, 0.25) is 5.88 Å². The fourth-order valence-corrected chi connectivity index (χ4v) is 3.79. The number of aliphatic imine (C=N–C) groups is 1. The topological polar surface area (TPSA) is 62.6 Å². The van der Waals surface area contributed by atoms with E-state index in [9.17, 15) is 0 Å². The third-order valence-corrected chi connectivity index (χ3v) is 5.38. The predicted octanol–water partition coefficient (Wildman–Crippen LogP) is 3.77. The summed E-state index contributed by atoms with van der Waals surface area (Å²) in [5, 5.41) is 6.53. The average Bonchev–Trinajstić information content (AvgIpc) is 3.31. The fraction of sp³-hybridized carbons (Fsp3) is 0.550. The first-order valence-electron chi connectivity index (χ1n) is 9.66. The van der Waals surface area contributed by atoms with E-state index < -0.39 is 0 Å². The average molecular weight is 388 g/mol. The van der Waals surface area contributed by atoms with E-state index in [1.54, 1.807) is 11.3 Å². The maximum Gasteiger partial charge on any atom is 0.213 e. The van der Waals surface area contributed by atoms with Crippen molar-refractivity contribution in [3.8, 4) is 5.88 Å². The first kappa shape index (κ1) is 19.6. The minimum absolute atomic E-state index is 0.338. The van der Waals surface area contributed by atoms with Gasteiger partial charge in [-0.2, -0.15) is 0 Å². The number of thiazole rings is 1. The highest BCUT2D eigenvalue weighted by molar-refractivity contribution is 7.09. The SMILES string of the molecule is CCNC(=NCc1ccc(OC2CCCC2)nc1)N(C)Cc1csc(C)n1. The zero-order valence-corrected chi connectivity index (χ0v) is 17.3. The zero-order valence-electron chi connectivity index (χ0n) is 16.4. The van der Waals surface area contributed by atoms with Crippen LogP contribution in [0.4, 0.5) is 0 Å². The number of nitrogens with zero attached hydrogens (tertiary/aromatic N) is 4. The van der Waals surface area contributed by atoms with Crippen molar-refractivity contribution >= 4 is 17.3 Å². The summed E-state index contributed by atoms with van der Waals surface area (Å²) >= 11 is 1.68. The zero-order chi connectivity index (χ0) is 19.1. The van der Waals surface area contributed by atoms with Crippen LogP contribution in [-0.2, 0) is 13.1 Å². The number of hydrogen-bond acceptors (Lipinski definition) is 5. The summed E-state index contributed by atoms with van der Waals surface area (Å²) in [5.74, 6) is 1.59. The van der Waals surface area contributed by atoms with Crippen molar-refractivity contribution < 1.29 is 4.74 Å². The van der Waals surface area contributed by atoms with E-state index in [4.69, 9.17) is 9.73 Å². The summed E-state index contributed by atoms with van der Waals surface area (Å²) in [7, 11) is 2.03. The number of pyridine rings is 1. The number of guanidine groups is 1. The number of rotatable bonds is 7. The van der Waals surface area contributed by atoms with Crippen molar-refractivity contribution in [1.29, 1.82) is 0 Å². The van der Waals surface area contributed by atoms with Gasteiger partial charge < -0.3 is 15.0 Å². The van der Waals surface area contributed by atoms with Gasteiger partial charge in [0.1, 0.15) is 6.10 Å². The Kier molecular flexibility index (Phi) is 7.04. The molecule has 146 valence electrons. The van der Waals surface area contributed by atoms with Gasteiger partial charge in [0.25, 0.3) is 0 Å². The van der Waals surface area contributed by atoms with Crippen LogP contribution in [0.1, 0.15) is 48.9 Å². The van der Waals surface area contributed by atoms with E-state index in [0.717, 1.165) is 54.0 Å². The lowest BCUT2D eigenvalue weighted by Gasteiger charge is -2.21. The van der Waals surface area contributed by atoms with E-state index in [0.29, 0.717) is 12.6 Å². The molecule has 2 heterocycles. The Balaban J connectivity index is 1.58. The molecule has 1 aliphatic carbocycles. The smallest absolute Gasteiger partial charge is 0.213 e. The molecule has 0 bridgehead atoms. The summed E-state index contributed by atoms with van der Waals surface area (Å²) < 4.78 is 5.93. The summed E-state index contributed by atoms with van der Waals surface area (Å²) in [6, 6.07) is 4.01. The number of nitrogens with one attached hydrogen (secondary N) is 1. The first-order chi connectivity index (χ1) is 13.1. The molecule has 0 saturated heterocycles. The van der Waals surface area contributed by atoms with E-state index in [1.807, 2.05) is 32.3 Å². The van der Waals surface area contributed by atoms with Crippen molar-refractivity contribution in [3.05, 3.63) is 40.0 Å². The maximum atomic E-state index is 5.93. The van der Waals surface area contributed by atoms with Crippen LogP contribution in [0.25, 0.3) is 0 Å². The lowest BCUT2D eigenvalue weighted by molar-refractivity contribution is 0.201. The van der Waals surface area contributed by atoms with Gasteiger partial charge in [-0.3, -0.25) is 0 Å². The Morgan fingerprint density at radius 3 is 2.81 bits per heavy atom. The van der Waals surface area contributed by atoms with Crippen molar-refractivity contribution in [3.63, 3.8) is 0 Å². The number of hydrogen-bond donors (Lipinski definition) is 1. The van der Waals surface area contributed by atoms with Crippen LogP contribution >= 0.6 is 11.3 Å². The van der Waals surface area contributed by atoms with E-state index in [2.05, 4.69) is 32.5 Å². The minimum Gasteiger partial charge on any atom is -0.474 e. The lowest BCUT2D eigenvalue weighted by atomic mass is 10.3.